The first kappa shape index (κ1) is 22.4. The highest BCUT2D eigenvalue weighted by Crippen LogP contribution is 2.24. The summed E-state index contributed by atoms with van der Waals surface area (Å²) in [5.41, 5.74) is 1.19. The zero-order valence-corrected chi connectivity index (χ0v) is 18.7. The van der Waals surface area contributed by atoms with Gasteiger partial charge in [0, 0.05) is 11.1 Å². The van der Waals surface area contributed by atoms with Crippen molar-refractivity contribution >= 4 is 33.2 Å². The fourth-order valence-electron chi connectivity index (χ4n) is 3.47. The van der Waals surface area contributed by atoms with Crippen LogP contribution in [0.4, 0.5) is 5.69 Å². The van der Waals surface area contributed by atoms with Gasteiger partial charge in [-0.15, -0.1) is 0 Å². The Hall–Kier alpha value is -2.25. The van der Waals surface area contributed by atoms with E-state index >= 15 is 0 Å². The number of nitrogens with one attached hydrogen (secondary N) is 2. The topological polar surface area (TPSA) is 84.5 Å². The van der Waals surface area contributed by atoms with Gasteiger partial charge in [0.15, 0.2) is 6.10 Å². The third-order valence-corrected chi connectivity index (χ3v) is 6.82. The van der Waals surface area contributed by atoms with Crippen LogP contribution in [-0.4, -0.2) is 26.5 Å². The van der Waals surface area contributed by atoms with Crippen LogP contribution in [0.15, 0.2) is 47.4 Å². The summed E-state index contributed by atoms with van der Waals surface area (Å²) in [5.74, 6) is 0.279. The van der Waals surface area contributed by atoms with Crippen LogP contribution in [0.1, 0.15) is 44.6 Å². The molecule has 0 radical (unpaired) electrons. The second-order valence-electron chi connectivity index (χ2n) is 7.64. The minimum absolute atomic E-state index is 0.100. The van der Waals surface area contributed by atoms with Gasteiger partial charge in [0.1, 0.15) is 5.75 Å². The van der Waals surface area contributed by atoms with Crippen molar-refractivity contribution in [3.05, 3.63) is 53.1 Å². The van der Waals surface area contributed by atoms with E-state index in [0.29, 0.717) is 16.5 Å². The number of sulfonamides is 1. The highest BCUT2D eigenvalue weighted by atomic mass is 35.5. The van der Waals surface area contributed by atoms with Crippen LogP contribution in [0.3, 0.4) is 0 Å². The summed E-state index contributed by atoms with van der Waals surface area (Å²) in [6.45, 7) is 3.47. The number of carbonyl (C=O) groups is 1. The zero-order chi connectivity index (χ0) is 21.7. The van der Waals surface area contributed by atoms with Crippen molar-refractivity contribution < 1.29 is 17.9 Å². The van der Waals surface area contributed by atoms with E-state index in [9.17, 15) is 13.2 Å². The monoisotopic (exact) mass is 450 g/mol. The fraction of sp³-hybridized carbons (Fsp3) is 0.409. The molecule has 30 heavy (non-hydrogen) atoms. The van der Waals surface area contributed by atoms with Gasteiger partial charge in [0.2, 0.25) is 0 Å². The van der Waals surface area contributed by atoms with E-state index in [1.807, 2.05) is 0 Å². The van der Waals surface area contributed by atoms with E-state index in [2.05, 4.69) is 10.0 Å². The molecule has 0 saturated heterocycles. The van der Waals surface area contributed by atoms with Crippen molar-refractivity contribution in [2.45, 2.75) is 63.0 Å². The van der Waals surface area contributed by atoms with Gasteiger partial charge >= 0.3 is 0 Å². The maximum atomic E-state index is 12.7. The van der Waals surface area contributed by atoms with Crippen LogP contribution in [0.2, 0.25) is 5.02 Å². The molecule has 162 valence electrons. The first-order valence-corrected chi connectivity index (χ1v) is 12.0. The maximum Gasteiger partial charge on any atom is 0.261 e. The van der Waals surface area contributed by atoms with Gasteiger partial charge in [-0.05, 0) is 74.7 Å². The molecule has 1 aliphatic rings. The number of halogens is 1. The molecule has 0 aliphatic heterocycles. The number of hydrogen-bond acceptors (Lipinski definition) is 4. The molecule has 1 saturated carbocycles. The summed E-state index contributed by atoms with van der Waals surface area (Å²) in [4.78, 5) is 12.4. The normalized spacial score (nSPS) is 16.0. The van der Waals surface area contributed by atoms with Crippen molar-refractivity contribution in [3.8, 4) is 5.75 Å². The van der Waals surface area contributed by atoms with E-state index in [1.54, 1.807) is 44.2 Å². The number of aryl methyl sites for hydroxylation is 1. The number of anilines is 1. The molecule has 0 spiro atoms. The largest absolute Gasteiger partial charge is 0.481 e. The second-order valence-corrected chi connectivity index (χ2v) is 9.76. The van der Waals surface area contributed by atoms with E-state index < -0.39 is 16.1 Å². The molecule has 0 unspecified atom stereocenters. The highest BCUT2D eigenvalue weighted by Gasteiger charge is 2.21. The van der Waals surface area contributed by atoms with Crippen LogP contribution in [-0.2, 0) is 14.8 Å². The van der Waals surface area contributed by atoms with Gasteiger partial charge < -0.3 is 10.1 Å². The van der Waals surface area contributed by atoms with Gasteiger partial charge in [0.05, 0.1) is 10.6 Å². The van der Waals surface area contributed by atoms with Crippen molar-refractivity contribution in [1.82, 2.24) is 5.32 Å². The summed E-state index contributed by atoms with van der Waals surface area (Å²) >= 11 is 5.92. The Bertz CT molecular complexity index is 987. The predicted molar refractivity (Wildman–Crippen MR) is 119 cm³/mol. The number of ether oxygens (including phenoxy) is 1. The number of benzene rings is 2. The number of hydrogen-bond donors (Lipinski definition) is 2. The minimum Gasteiger partial charge on any atom is -0.481 e. The molecule has 2 aromatic rings. The average Bonchev–Trinajstić information content (AvgIpc) is 2.71. The first-order valence-electron chi connectivity index (χ1n) is 10.1. The lowest BCUT2D eigenvalue weighted by Crippen LogP contribution is -2.43. The molecular formula is C22H27ClN2O4S. The van der Waals surface area contributed by atoms with Gasteiger partial charge in [-0.25, -0.2) is 8.42 Å². The molecule has 1 fully saturated rings. The molecule has 0 aromatic heterocycles. The Morgan fingerprint density at radius 3 is 2.40 bits per heavy atom. The van der Waals surface area contributed by atoms with Crippen LogP contribution < -0.4 is 14.8 Å². The van der Waals surface area contributed by atoms with Gasteiger partial charge in [-0.2, -0.15) is 0 Å². The SMILES string of the molecule is Cc1cc(Cl)ccc1NS(=O)(=O)c1ccc(O[C@H](C)C(=O)NC2CCCCC2)cc1. The van der Waals surface area contributed by atoms with Crippen LogP contribution in [0.5, 0.6) is 5.75 Å². The quantitative estimate of drug-likeness (QED) is 0.642. The predicted octanol–water partition coefficient (Wildman–Crippen LogP) is 4.67. The molecule has 0 heterocycles. The van der Waals surface area contributed by atoms with Crippen molar-refractivity contribution in [2.75, 3.05) is 4.72 Å². The van der Waals surface area contributed by atoms with Gasteiger partial charge in [-0.3, -0.25) is 9.52 Å². The summed E-state index contributed by atoms with van der Waals surface area (Å²) in [5, 5.41) is 3.57. The summed E-state index contributed by atoms with van der Waals surface area (Å²) < 4.78 is 33.6. The van der Waals surface area contributed by atoms with E-state index in [-0.39, 0.29) is 16.8 Å². The molecular weight excluding hydrogens is 424 g/mol. The summed E-state index contributed by atoms with van der Waals surface area (Å²) in [7, 11) is -3.76. The summed E-state index contributed by atoms with van der Waals surface area (Å²) in [6, 6.07) is 11.2. The number of amides is 1. The molecule has 1 amide bonds. The Kier molecular flexibility index (Phi) is 7.26. The third kappa shape index (κ3) is 5.89. The fourth-order valence-corrected chi connectivity index (χ4v) is 4.82. The van der Waals surface area contributed by atoms with Crippen LogP contribution >= 0.6 is 11.6 Å². The van der Waals surface area contributed by atoms with E-state index in [1.165, 1.54) is 18.6 Å². The Morgan fingerprint density at radius 2 is 1.77 bits per heavy atom. The highest BCUT2D eigenvalue weighted by molar-refractivity contribution is 7.92. The Morgan fingerprint density at radius 1 is 1.10 bits per heavy atom. The van der Waals surface area contributed by atoms with E-state index in [0.717, 1.165) is 31.2 Å². The zero-order valence-electron chi connectivity index (χ0n) is 17.2. The lowest BCUT2D eigenvalue weighted by atomic mass is 9.95. The smallest absolute Gasteiger partial charge is 0.261 e. The standard InChI is InChI=1S/C22H27ClN2O4S/c1-15-14-17(23)8-13-21(15)25-30(27,28)20-11-9-19(10-12-20)29-16(2)22(26)24-18-6-4-3-5-7-18/h8-14,16,18,25H,3-7H2,1-2H3,(H,24,26)/t16-/m1/s1. The average molecular weight is 451 g/mol. The molecule has 1 atom stereocenters. The van der Waals surface area contributed by atoms with Gasteiger partial charge in [0.25, 0.3) is 15.9 Å². The van der Waals surface area contributed by atoms with Crippen molar-refractivity contribution in [2.24, 2.45) is 0 Å². The molecule has 6 nitrogen and oxygen atoms in total. The Labute approximate surface area is 183 Å². The number of rotatable bonds is 7. The van der Waals surface area contributed by atoms with E-state index in [4.69, 9.17) is 16.3 Å². The number of carbonyl (C=O) groups excluding carboxylic acids is 1. The first-order chi connectivity index (χ1) is 14.2. The molecule has 1 aliphatic carbocycles. The second kappa shape index (κ2) is 9.71. The van der Waals surface area contributed by atoms with Crippen LogP contribution in [0, 0.1) is 6.92 Å². The third-order valence-electron chi connectivity index (χ3n) is 5.20. The molecule has 2 aromatic carbocycles. The summed E-state index contributed by atoms with van der Waals surface area (Å²) in [6.07, 6.45) is 4.85. The molecule has 0 bridgehead atoms. The van der Waals surface area contributed by atoms with Gasteiger partial charge in [-0.1, -0.05) is 30.9 Å². The Balaban J connectivity index is 1.61. The molecule has 2 N–H and O–H groups in total. The van der Waals surface area contributed by atoms with Crippen molar-refractivity contribution in [1.29, 1.82) is 0 Å². The van der Waals surface area contributed by atoms with Crippen LogP contribution in [0.25, 0.3) is 0 Å². The maximum absolute atomic E-state index is 12.7. The lowest BCUT2D eigenvalue weighted by Gasteiger charge is -2.24. The molecule has 3 rings (SSSR count). The molecule has 8 heteroatoms. The van der Waals surface area contributed by atoms with Crippen molar-refractivity contribution in [3.63, 3.8) is 0 Å². The lowest BCUT2D eigenvalue weighted by molar-refractivity contribution is -0.128. The minimum atomic E-state index is -3.76.